The summed E-state index contributed by atoms with van der Waals surface area (Å²) in [5.41, 5.74) is -0.138. The highest BCUT2D eigenvalue weighted by molar-refractivity contribution is 5.31. The van der Waals surface area contributed by atoms with Crippen molar-refractivity contribution < 1.29 is 9.47 Å². The molecule has 0 aromatic heterocycles. The molecule has 0 unspecified atom stereocenters. The van der Waals surface area contributed by atoms with Crippen molar-refractivity contribution in [2.45, 2.75) is 39.0 Å². The molecule has 0 saturated heterocycles. The van der Waals surface area contributed by atoms with E-state index in [-0.39, 0.29) is 5.43 Å². The molecule has 1 aromatic rings. The number of ether oxygens (including phenoxy) is 2. The second-order valence-corrected chi connectivity index (χ2v) is 5.09. The predicted molar refractivity (Wildman–Crippen MR) is 76.0 cm³/mol. The van der Waals surface area contributed by atoms with Crippen LogP contribution in [-0.2, 0) is 0 Å². The van der Waals surface area contributed by atoms with Gasteiger partial charge in [-0.1, -0.05) is 31.9 Å². The molecule has 2 rings (SSSR count). The van der Waals surface area contributed by atoms with Crippen molar-refractivity contribution in [3.8, 4) is 11.5 Å². The van der Waals surface area contributed by atoms with E-state index in [1.807, 2.05) is 12.1 Å². The molecule has 0 atom stereocenters. The molecule has 0 heterocycles. The Balaban J connectivity index is 2.03. The van der Waals surface area contributed by atoms with Crippen LogP contribution in [0.3, 0.4) is 0 Å². The summed E-state index contributed by atoms with van der Waals surface area (Å²) in [5.74, 6) is 1.42. The van der Waals surface area contributed by atoms with Crippen LogP contribution in [0.25, 0.3) is 0 Å². The third-order valence-corrected chi connectivity index (χ3v) is 3.51. The lowest BCUT2D eigenvalue weighted by atomic mass is 9.86. The van der Waals surface area contributed by atoms with Crippen LogP contribution < -0.4 is 14.9 Å². The van der Waals surface area contributed by atoms with Crippen molar-refractivity contribution in [1.82, 2.24) is 0 Å². The van der Waals surface area contributed by atoms with Gasteiger partial charge in [0, 0.05) is 0 Å². The Morgan fingerprint density at radius 1 is 1.16 bits per heavy atom. The predicted octanol–water partition coefficient (Wildman–Crippen LogP) is 3.40. The fourth-order valence-electron chi connectivity index (χ4n) is 1.98. The number of rotatable bonds is 7. The van der Waals surface area contributed by atoms with Crippen molar-refractivity contribution in [2.24, 2.45) is 5.92 Å². The summed E-state index contributed by atoms with van der Waals surface area (Å²) in [4.78, 5) is 12.2. The van der Waals surface area contributed by atoms with Crippen LogP contribution in [0.2, 0.25) is 0 Å². The van der Waals surface area contributed by atoms with Crippen molar-refractivity contribution in [3.05, 3.63) is 34.5 Å². The lowest BCUT2D eigenvalue weighted by Gasteiger charge is -2.24. The van der Waals surface area contributed by atoms with Crippen LogP contribution in [-0.4, -0.2) is 13.2 Å². The van der Waals surface area contributed by atoms with E-state index in [9.17, 15) is 4.79 Å². The molecule has 3 nitrogen and oxygen atoms in total. The lowest BCUT2D eigenvalue weighted by Crippen LogP contribution is -2.21. The molecule has 0 spiro atoms. The highest BCUT2D eigenvalue weighted by atomic mass is 16.5. The first kappa shape index (κ1) is 13.9. The van der Waals surface area contributed by atoms with Gasteiger partial charge in [0.25, 0.3) is 5.43 Å². The summed E-state index contributed by atoms with van der Waals surface area (Å²) < 4.78 is 11.2. The molecule has 0 bridgehead atoms. The molecule has 1 fully saturated rings. The molecule has 0 aliphatic heterocycles. The SMILES string of the molecule is CCCCOc1ccccc(OCC2CCC2)c1=O. The smallest absolute Gasteiger partial charge is 0.261 e. The molecule has 19 heavy (non-hydrogen) atoms. The zero-order valence-corrected chi connectivity index (χ0v) is 11.6. The van der Waals surface area contributed by atoms with Crippen LogP contribution >= 0.6 is 0 Å². The van der Waals surface area contributed by atoms with Gasteiger partial charge in [-0.2, -0.15) is 0 Å². The Kier molecular flexibility index (Phi) is 5.25. The largest absolute Gasteiger partial charge is 0.489 e. The fourth-order valence-corrected chi connectivity index (χ4v) is 1.98. The van der Waals surface area contributed by atoms with Crippen LogP contribution in [0.15, 0.2) is 29.1 Å². The lowest BCUT2D eigenvalue weighted by molar-refractivity contribution is 0.179. The van der Waals surface area contributed by atoms with Crippen LogP contribution in [0.5, 0.6) is 11.5 Å². The Morgan fingerprint density at radius 2 is 1.84 bits per heavy atom. The van der Waals surface area contributed by atoms with Crippen molar-refractivity contribution >= 4 is 0 Å². The fraction of sp³-hybridized carbons (Fsp3) is 0.562. The summed E-state index contributed by atoms with van der Waals surface area (Å²) in [5, 5.41) is 0. The van der Waals surface area contributed by atoms with Gasteiger partial charge >= 0.3 is 0 Å². The number of hydrogen-bond acceptors (Lipinski definition) is 3. The third kappa shape index (κ3) is 3.98. The van der Waals surface area contributed by atoms with Gasteiger partial charge in [-0.15, -0.1) is 0 Å². The minimum Gasteiger partial charge on any atom is -0.489 e. The Labute approximate surface area is 114 Å². The van der Waals surface area contributed by atoms with Gasteiger partial charge in [-0.25, -0.2) is 0 Å². The molecule has 1 aliphatic rings. The highest BCUT2D eigenvalue weighted by Crippen LogP contribution is 2.26. The topological polar surface area (TPSA) is 35.5 Å². The summed E-state index contributed by atoms with van der Waals surface area (Å²) in [6, 6.07) is 7.09. The summed E-state index contributed by atoms with van der Waals surface area (Å²) in [6.07, 6.45) is 5.72. The van der Waals surface area contributed by atoms with Crippen LogP contribution in [0.1, 0.15) is 39.0 Å². The zero-order valence-electron chi connectivity index (χ0n) is 11.6. The molecule has 1 aliphatic carbocycles. The van der Waals surface area contributed by atoms with E-state index in [4.69, 9.17) is 9.47 Å². The maximum atomic E-state index is 12.2. The first-order valence-electron chi connectivity index (χ1n) is 7.20. The first-order chi connectivity index (χ1) is 9.31. The van der Waals surface area contributed by atoms with E-state index in [0.29, 0.717) is 30.6 Å². The Hall–Kier alpha value is -1.51. The third-order valence-electron chi connectivity index (χ3n) is 3.51. The minimum atomic E-state index is -0.138. The summed E-state index contributed by atoms with van der Waals surface area (Å²) in [6.45, 7) is 3.32. The quantitative estimate of drug-likeness (QED) is 0.706. The molecule has 104 valence electrons. The van der Waals surface area contributed by atoms with Crippen LogP contribution in [0, 0.1) is 5.92 Å². The van der Waals surface area contributed by atoms with E-state index >= 15 is 0 Å². The van der Waals surface area contributed by atoms with E-state index in [2.05, 4.69) is 6.92 Å². The van der Waals surface area contributed by atoms with Gasteiger partial charge in [0.1, 0.15) is 0 Å². The number of hydrogen-bond donors (Lipinski definition) is 0. The zero-order chi connectivity index (χ0) is 13.5. The molecule has 0 amide bonds. The molecule has 0 N–H and O–H groups in total. The van der Waals surface area contributed by atoms with Crippen molar-refractivity contribution in [3.63, 3.8) is 0 Å². The minimum absolute atomic E-state index is 0.138. The van der Waals surface area contributed by atoms with Gasteiger partial charge in [-0.05, 0) is 37.3 Å². The van der Waals surface area contributed by atoms with E-state index in [1.165, 1.54) is 19.3 Å². The molecule has 1 saturated carbocycles. The second kappa shape index (κ2) is 7.17. The molecule has 3 heteroatoms. The maximum absolute atomic E-state index is 12.2. The van der Waals surface area contributed by atoms with Crippen molar-refractivity contribution in [1.29, 1.82) is 0 Å². The molecule has 0 radical (unpaired) electrons. The molecular formula is C16H22O3. The molecular weight excluding hydrogens is 240 g/mol. The Bertz CT molecular complexity index is 452. The average Bonchev–Trinajstić information content (AvgIpc) is 2.52. The van der Waals surface area contributed by atoms with Gasteiger partial charge in [0.15, 0.2) is 11.5 Å². The normalized spacial score (nSPS) is 14.8. The van der Waals surface area contributed by atoms with E-state index in [1.54, 1.807) is 12.1 Å². The van der Waals surface area contributed by atoms with Gasteiger partial charge in [0.2, 0.25) is 0 Å². The standard InChI is InChI=1S/C16H22O3/c1-2-3-11-18-14-9-4-5-10-15(16(14)17)19-12-13-7-6-8-13/h4-5,9-10,13H,2-3,6-8,11-12H2,1H3. The Morgan fingerprint density at radius 3 is 2.42 bits per heavy atom. The average molecular weight is 262 g/mol. The van der Waals surface area contributed by atoms with Gasteiger partial charge in [0.05, 0.1) is 13.2 Å². The maximum Gasteiger partial charge on any atom is 0.261 e. The monoisotopic (exact) mass is 262 g/mol. The number of unbranched alkanes of at least 4 members (excludes halogenated alkanes) is 1. The van der Waals surface area contributed by atoms with Crippen LogP contribution in [0.4, 0.5) is 0 Å². The van der Waals surface area contributed by atoms with Gasteiger partial charge < -0.3 is 9.47 Å². The van der Waals surface area contributed by atoms with Gasteiger partial charge in [-0.3, -0.25) is 4.79 Å². The molecule has 1 aromatic carbocycles. The second-order valence-electron chi connectivity index (χ2n) is 5.09. The van der Waals surface area contributed by atoms with E-state index in [0.717, 1.165) is 12.8 Å². The highest BCUT2D eigenvalue weighted by Gasteiger charge is 2.18. The summed E-state index contributed by atoms with van der Waals surface area (Å²) >= 11 is 0. The van der Waals surface area contributed by atoms with Crippen molar-refractivity contribution in [2.75, 3.05) is 13.2 Å². The summed E-state index contributed by atoms with van der Waals surface area (Å²) in [7, 11) is 0. The van der Waals surface area contributed by atoms with E-state index < -0.39 is 0 Å². The first-order valence-corrected chi connectivity index (χ1v) is 7.20.